The van der Waals surface area contributed by atoms with Crippen molar-refractivity contribution < 1.29 is 19.4 Å². The fraction of sp³-hybridized carbons (Fsp3) is 0.136. The lowest BCUT2D eigenvalue weighted by molar-refractivity contribution is -0.124. The number of hydrogen-bond acceptors (Lipinski definition) is 5. The van der Waals surface area contributed by atoms with Gasteiger partial charge in [0.25, 0.3) is 0 Å². The van der Waals surface area contributed by atoms with E-state index in [4.69, 9.17) is 4.74 Å². The van der Waals surface area contributed by atoms with Crippen molar-refractivity contribution in [2.75, 3.05) is 12.4 Å². The molecule has 2 amide bonds. The van der Waals surface area contributed by atoms with Gasteiger partial charge in [-0.2, -0.15) is 5.10 Å². The second-order valence-corrected chi connectivity index (χ2v) is 6.26. The second-order valence-electron chi connectivity index (χ2n) is 6.26. The van der Waals surface area contributed by atoms with Gasteiger partial charge in [0.1, 0.15) is 11.5 Å². The number of phenols is 1. The number of ether oxygens (including phenoxy) is 1. The van der Waals surface area contributed by atoms with E-state index in [-0.39, 0.29) is 24.5 Å². The number of anilines is 1. The Hall–Kier alpha value is -3.87. The minimum Gasteiger partial charge on any atom is -0.507 e. The number of para-hydroxylation sites is 2. The van der Waals surface area contributed by atoms with E-state index in [1.165, 1.54) is 13.3 Å². The Labute approximate surface area is 168 Å². The van der Waals surface area contributed by atoms with Crippen LogP contribution in [0.2, 0.25) is 0 Å². The molecule has 0 spiro atoms. The first kappa shape index (κ1) is 19.9. The third-order valence-corrected chi connectivity index (χ3v) is 4.29. The number of carbonyl (C=O) groups excluding carboxylic acids is 2. The third kappa shape index (κ3) is 5.10. The van der Waals surface area contributed by atoms with Crippen LogP contribution in [0.1, 0.15) is 18.4 Å². The van der Waals surface area contributed by atoms with E-state index in [2.05, 4.69) is 15.8 Å². The van der Waals surface area contributed by atoms with E-state index in [0.717, 1.165) is 10.8 Å². The van der Waals surface area contributed by atoms with Crippen molar-refractivity contribution >= 4 is 34.5 Å². The molecule has 0 aliphatic heterocycles. The van der Waals surface area contributed by atoms with E-state index in [1.54, 1.807) is 36.4 Å². The summed E-state index contributed by atoms with van der Waals surface area (Å²) in [7, 11) is 1.52. The first-order valence-electron chi connectivity index (χ1n) is 9.04. The van der Waals surface area contributed by atoms with Gasteiger partial charge in [0.05, 0.1) is 19.0 Å². The second kappa shape index (κ2) is 9.36. The predicted octanol–water partition coefficient (Wildman–Crippen LogP) is 3.42. The molecule has 3 N–H and O–H groups in total. The SMILES string of the molecule is COc1ccccc1NC(=O)CCC(=O)N/N=C\c1c(O)ccc2ccccc12. The summed E-state index contributed by atoms with van der Waals surface area (Å²) in [5.74, 6) is -0.0980. The van der Waals surface area contributed by atoms with Gasteiger partial charge in [-0.05, 0) is 29.0 Å². The van der Waals surface area contributed by atoms with Gasteiger partial charge in [0.15, 0.2) is 0 Å². The normalized spacial score (nSPS) is 10.8. The molecule has 0 radical (unpaired) electrons. The minimum atomic E-state index is -0.406. The number of fused-ring (bicyclic) bond motifs is 1. The summed E-state index contributed by atoms with van der Waals surface area (Å²) in [6.07, 6.45) is 1.36. The van der Waals surface area contributed by atoms with Crippen molar-refractivity contribution in [3.05, 3.63) is 66.2 Å². The maximum absolute atomic E-state index is 12.1. The summed E-state index contributed by atoms with van der Waals surface area (Å²) in [6.45, 7) is 0. The molecule has 3 rings (SSSR count). The molecule has 0 heterocycles. The summed E-state index contributed by atoms with van der Waals surface area (Å²) in [4.78, 5) is 24.0. The van der Waals surface area contributed by atoms with Gasteiger partial charge in [0.2, 0.25) is 11.8 Å². The average molecular weight is 391 g/mol. The monoisotopic (exact) mass is 391 g/mol. The molecule has 0 aliphatic carbocycles. The Morgan fingerprint density at radius 1 is 1.00 bits per heavy atom. The molecule has 0 fully saturated rings. The van der Waals surface area contributed by atoms with Crippen molar-refractivity contribution in [2.45, 2.75) is 12.8 Å². The fourth-order valence-electron chi connectivity index (χ4n) is 2.83. The van der Waals surface area contributed by atoms with Gasteiger partial charge < -0.3 is 15.2 Å². The summed E-state index contributed by atoms with van der Waals surface area (Å²) >= 11 is 0. The van der Waals surface area contributed by atoms with Crippen LogP contribution in [0, 0.1) is 0 Å². The Morgan fingerprint density at radius 2 is 1.72 bits per heavy atom. The van der Waals surface area contributed by atoms with Gasteiger partial charge in [-0.1, -0.05) is 42.5 Å². The Kier molecular flexibility index (Phi) is 6.42. The van der Waals surface area contributed by atoms with Gasteiger partial charge in [-0.3, -0.25) is 9.59 Å². The van der Waals surface area contributed by atoms with Crippen LogP contribution < -0.4 is 15.5 Å². The summed E-state index contributed by atoms with van der Waals surface area (Å²) in [6, 6.07) is 18.0. The molecule has 3 aromatic rings. The lowest BCUT2D eigenvalue weighted by Crippen LogP contribution is -2.20. The maximum Gasteiger partial charge on any atom is 0.240 e. The van der Waals surface area contributed by atoms with Crippen LogP contribution in [-0.2, 0) is 9.59 Å². The number of amides is 2. The Balaban J connectivity index is 1.54. The highest BCUT2D eigenvalue weighted by atomic mass is 16.5. The van der Waals surface area contributed by atoms with Crippen molar-refractivity contribution in [1.29, 1.82) is 0 Å². The fourth-order valence-corrected chi connectivity index (χ4v) is 2.83. The number of hydrazone groups is 1. The lowest BCUT2D eigenvalue weighted by Gasteiger charge is -2.09. The maximum atomic E-state index is 12.1. The minimum absolute atomic E-state index is 0.00107. The molecule has 3 aromatic carbocycles. The summed E-state index contributed by atoms with van der Waals surface area (Å²) < 4.78 is 5.17. The predicted molar refractivity (Wildman–Crippen MR) is 112 cm³/mol. The topological polar surface area (TPSA) is 100 Å². The standard InChI is InChI=1S/C22H21N3O4/c1-29-20-9-5-4-8-18(20)24-21(27)12-13-22(28)25-23-14-17-16-7-3-2-6-15(16)10-11-19(17)26/h2-11,14,26H,12-13H2,1H3,(H,24,27)(H,25,28)/b23-14-. The number of nitrogens with one attached hydrogen (secondary N) is 2. The molecule has 0 saturated heterocycles. The lowest BCUT2D eigenvalue weighted by atomic mass is 10.0. The van der Waals surface area contributed by atoms with Gasteiger partial charge in [0, 0.05) is 18.4 Å². The zero-order valence-electron chi connectivity index (χ0n) is 15.9. The molecule has 7 nitrogen and oxygen atoms in total. The summed E-state index contributed by atoms with van der Waals surface area (Å²) in [5, 5.41) is 18.5. The number of aromatic hydroxyl groups is 1. The number of rotatable bonds is 7. The van der Waals surface area contributed by atoms with Crippen LogP contribution >= 0.6 is 0 Å². The highest BCUT2D eigenvalue weighted by molar-refractivity contribution is 6.02. The molecule has 0 bridgehead atoms. The van der Waals surface area contributed by atoms with E-state index < -0.39 is 5.91 Å². The molecular weight excluding hydrogens is 370 g/mol. The Morgan fingerprint density at radius 3 is 2.55 bits per heavy atom. The molecule has 0 atom stereocenters. The van der Waals surface area contributed by atoms with Crippen molar-refractivity contribution in [3.63, 3.8) is 0 Å². The molecule has 0 aromatic heterocycles. The highest BCUT2D eigenvalue weighted by Crippen LogP contribution is 2.25. The number of methoxy groups -OCH3 is 1. The highest BCUT2D eigenvalue weighted by Gasteiger charge is 2.10. The van der Waals surface area contributed by atoms with Crippen LogP contribution in [0.15, 0.2) is 65.8 Å². The van der Waals surface area contributed by atoms with E-state index in [0.29, 0.717) is 17.0 Å². The van der Waals surface area contributed by atoms with Crippen molar-refractivity contribution in [2.24, 2.45) is 5.10 Å². The zero-order chi connectivity index (χ0) is 20.6. The molecular formula is C22H21N3O4. The molecule has 7 heteroatoms. The molecule has 0 unspecified atom stereocenters. The first-order chi connectivity index (χ1) is 14.1. The zero-order valence-corrected chi connectivity index (χ0v) is 15.9. The van der Waals surface area contributed by atoms with Gasteiger partial charge in [-0.15, -0.1) is 0 Å². The van der Waals surface area contributed by atoms with E-state index >= 15 is 0 Å². The van der Waals surface area contributed by atoms with Crippen LogP contribution in [0.3, 0.4) is 0 Å². The van der Waals surface area contributed by atoms with Crippen molar-refractivity contribution in [3.8, 4) is 11.5 Å². The quantitative estimate of drug-likeness (QED) is 0.424. The largest absolute Gasteiger partial charge is 0.507 e. The van der Waals surface area contributed by atoms with Crippen LogP contribution in [0.4, 0.5) is 5.69 Å². The third-order valence-electron chi connectivity index (χ3n) is 4.29. The van der Waals surface area contributed by atoms with Gasteiger partial charge >= 0.3 is 0 Å². The van der Waals surface area contributed by atoms with Crippen LogP contribution in [0.5, 0.6) is 11.5 Å². The average Bonchev–Trinajstić information content (AvgIpc) is 2.74. The number of carbonyl (C=O) groups is 2. The number of hydrogen-bond donors (Lipinski definition) is 3. The van der Waals surface area contributed by atoms with E-state index in [1.807, 2.05) is 24.3 Å². The molecule has 148 valence electrons. The van der Waals surface area contributed by atoms with E-state index in [9.17, 15) is 14.7 Å². The van der Waals surface area contributed by atoms with Crippen LogP contribution in [-0.4, -0.2) is 30.2 Å². The summed E-state index contributed by atoms with van der Waals surface area (Å²) in [5.41, 5.74) is 3.44. The molecule has 0 saturated carbocycles. The Bertz CT molecular complexity index is 1060. The number of phenolic OH excluding ortho intramolecular Hbond substituents is 1. The van der Waals surface area contributed by atoms with Gasteiger partial charge in [-0.25, -0.2) is 5.43 Å². The number of benzene rings is 3. The molecule has 0 aliphatic rings. The van der Waals surface area contributed by atoms with Crippen LogP contribution in [0.25, 0.3) is 10.8 Å². The number of nitrogens with zero attached hydrogens (tertiary/aromatic N) is 1. The molecule has 29 heavy (non-hydrogen) atoms. The van der Waals surface area contributed by atoms with Crippen molar-refractivity contribution in [1.82, 2.24) is 5.43 Å². The first-order valence-corrected chi connectivity index (χ1v) is 9.04. The smallest absolute Gasteiger partial charge is 0.240 e.